The fourth-order valence-corrected chi connectivity index (χ4v) is 3.93. The van der Waals surface area contributed by atoms with Gasteiger partial charge >= 0.3 is 0 Å². The molecule has 1 atom stereocenters. The molecule has 2 heterocycles. The Labute approximate surface area is 181 Å². The van der Waals surface area contributed by atoms with E-state index in [0.717, 1.165) is 48.6 Å². The first-order valence-electron chi connectivity index (χ1n) is 10.2. The Hall–Kier alpha value is -2.70. The number of nitrogens with one attached hydrogen (secondary N) is 1. The molecule has 0 spiro atoms. The molecule has 1 aromatic heterocycles. The third-order valence-electron chi connectivity index (χ3n) is 5.42. The largest absolute Gasteiger partial charge is 0.347 e. The molecule has 4 rings (SSSR count). The summed E-state index contributed by atoms with van der Waals surface area (Å²) in [6, 6.07) is 15.8. The summed E-state index contributed by atoms with van der Waals surface area (Å²) < 4.78 is 5.30. The van der Waals surface area contributed by atoms with Crippen LogP contribution in [0.25, 0.3) is 11.4 Å². The van der Waals surface area contributed by atoms with E-state index < -0.39 is 0 Å². The van der Waals surface area contributed by atoms with Gasteiger partial charge in [0, 0.05) is 23.7 Å². The van der Waals surface area contributed by atoms with Crippen LogP contribution in [0.1, 0.15) is 29.9 Å². The number of aryl methyl sites for hydroxylation is 1. The summed E-state index contributed by atoms with van der Waals surface area (Å²) in [7, 11) is 0. The average Bonchev–Trinajstić information content (AvgIpc) is 3.23. The highest BCUT2D eigenvalue weighted by Crippen LogP contribution is 2.22. The SMILES string of the molecule is Cc1ccc(-c2noc(CNC(=O)[C@@H]3CCCN(Cc4ccccc4Cl)C3)n2)cc1. The van der Waals surface area contributed by atoms with Gasteiger partial charge in [0.1, 0.15) is 0 Å². The minimum Gasteiger partial charge on any atom is -0.347 e. The fourth-order valence-electron chi connectivity index (χ4n) is 3.73. The second-order valence-electron chi connectivity index (χ2n) is 7.76. The Balaban J connectivity index is 1.30. The first-order valence-corrected chi connectivity index (χ1v) is 10.6. The van der Waals surface area contributed by atoms with Crippen LogP contribution in [0.5, 0.6) is 0 Å². The van der Waals surface area contributed by atoms with Gasteiger partial charge in [-0.1, -0.05) is 64.8 Å². The molecule has 7 heteroatoms. The molecule has 0 radical (unpaired) electrons. The van der Waals surface area contributed by atoms with Crippen molar-refractivity contribution in [1.82, 2.24) is 20.4 Å². The first-order chi connectivity index (χ1) is 14.6. The van der Waals surface area contributed by atoms with Crippen molar-refractivity contribution >= 4 is 17.5 Å². The number of likely N-dealkylation sites (tertiary alicyclic amines) is 1. The van der Waals surface area contributed by atoms with Crippen molar-refractivity contribution < 1.29 is 9.32 Å². The quantitative estimate of drug-likeness (QED) is 0.641. The van der Waals surface area contributed by atoms with Gasteiger partial charge in [-0.05, 0) is 37.9 Å². The highest BCUT2D eigenvalue weighted by atomic mass is 35.5. The molecule has 1 amide bonds. The van der Waals surface area contributed by atoms with E-state index in [9.17, 15) is 4.79 Å². The number of carbonyl (C=O) groups excluding carboxylic acids is 1. The van der Waals surface area contributed by atoms with E-state index in [1.165, 1.54) is 5.56 Å². The molecule has 30 heavy (non-hydrogen) atoms. The topological polar surface area (TPSA) is 71.3 Å². The Morgan fingerprint density at radius 2 is 2.03 bits per heavy atom. The normalized spacial score (nSPS) is 17.1. The molecular formula is C23H25ClN4O2. The Morgan fingerprint density at radius 1 is 1.23 bits per heavy atom. The first kappa shape index (κ1) is 20.6. The molecular weight excluding hydrogens is 400 g/mol. The smallest absolute Gasteiger partial charge is 0.246 e. The number of aromatic nitrogens is 2. The van der Waals surface area contributed by atoms with Gasteiger partial charge in [-0.15, -0.1) is 0 Å². The summed E-state index contributed by atoms with van der Waals surface area (Å²) in [5, 5.41) is 7.73. The molecule has 1 aliphatic heterocycles. The molecule has 1 saturated heterocycles. The maximum atomic E-state index is 12.7. The summed E-state index contributed by atoms with van der Waals surface area (Å²) >= 11 is 6.28. The molecule has 3 aromatic rings. The molecule has 0 unspecified atom stereocenters. The zero-order chi connectivity index (χ0) is 20.9. The van der Waals surface area contributed by atoms with Crippen LogP contribution in [0, 0.1) is 12.8 Å². The van der Waals surface area contributed by atoms with Crippen LogP contribution in [-0.2, 0) is 17.9 Å². The molecule has 0 aliphatic carbocycles. The van der Waals surface area contributed by atoms with Crippen molar-refractivity contribution in [3.63, 3.8) is 0 Å². The highest BCUT2D eigenvalue weighted by Gasteiger charge is 2.26. The minimum absolute atomic E-state index is 0.0222. The van der Waals surface area contributed by atoms with Gasteiger partial charge in [0.25, 0.3) is 0 Å². The number of hydrogen-bond donors (Lipinski definition) is 1. The molecule has 6 nitrogen and oxygen atoms in total. The summed E-state index contributed by atoms with van der Waals surface area (Å²) in [5.74, 6) is 0.903. The van der Waals surface area contributed by atoms with Crippen LogP contribution in [0.15, 0.2) is 53.1 Å². The van der Waals surface area contributed by atoms with E-state index in [-0.39, 0.29) is 18.4 Å². The van der Waals surface area contributed by atoms with E-state index in [2.05, 4.69) is 20.4 Å². The Morgan fingerprint density at radius 3 is 2.83 bits per heavy atom. The Bertz CT molecular complexity index is 1000. The van der Waals surface area contributed by atoms with E-state index in [0.29, 0.717) is 11.7 Å². The van der Waals surface area contributed by atoms with Crippen molar-refractivity contribution in [2.75, 3.05) is 13.1 Å². The Kier molecular flexibility index (Phi) is 6.45. The van der Waals surface area contributed by atoms with Crippen molar-refractivity contribution in [2.45, 2.75) is 32.9 Å². The maximum absolute atomic E-state index is 12.7. The second-order valence-corrected chi connectivity index (χ2v) is 8.17. The van der Waals surface area contributed by atoms with Gasteiger partial charge in [0.05, 0.1) is 12.5 Å². The van der Waals surface area contributed by atoms with Crippen LogP contribution >= 0.6 is 11.6 Å². The minimum atomic E-state index is -0.0549. The monoisotopic (exact) mass is 424 g/mol. The van der Waals surface area contributed by atoms with E-state index >= 15 is 0 Å². The lowest BCUT2D eigenvalue weighted by atomic mass is 9.96. The average molecular weight is 425 g/mol. The summed E-state index contributed by atoms with van der Waals surface area (Å²) in [6.07, 6.45) is 1.87. The fraction of sp³-hybridized carbons (Fsp3) is 0.348. The number of hydrogen-bond acceptors (Lipinski definition) is 5. The van der Waals surface area contributed by atoms with Crippen molar-refractivity contribution in [2.24, 2.45) is 5.92 Å². The van der Waals surface area contributed by atoms with Gasteiger partial charge in [-0.3, -0.25) is 9.69 Å². The highest BCUT2D eigenvalue weighted by molar-refractivity contribution is 6.31. The summed E-state index contributed by atoms with van der Waals surface area (Å²) in [5.41, 5.74) is 3.16. The predicted molar refractivity (Wildman–Crippen MR) is 116 cm³/mol. The number of nitrogens with zero attached hydrogens (tertiary/aromatic N) is 3. The molecule has 156 valence electrons. The van der Waals surface area contributed by atoms with Crippen molar-refractivity contribution in [1.29, 1.82) is 0 Å². The van der Waals surface area contributed by atoms with Crippen LogP contribution < -0.4 is 5.32 Å². The number of benzene rings is 2. The summed E-state index contributed by atoms with van der Waals surface area (Å²) in [4.78, 5) is 19.4. The zero-order valence-electron chi connectivity index (χ0n) is 17.0. The van der Waals surface area contributed by atoms with Gasteiger partial charge in [-0.25, -0.2) is 0 Å². The molecule has 2 aromatic carbocycles. The molecule has 0 bridgehead atoms. The van der Waals surface area contributed by atoms with E-state index in [1.54, 1.807) is 0 Å². The molecule has 1 aliphatic rings. The zero-order valence-corrected chi connectivity index (χ0v) is 17.7. The van der Waals surface area contributed by atoms with Crippen LogP contribution in [0.3, 0.4) is 0 Å². The molecule has 1 fully saturated rings. The third kappa shape index (κ3) is 5.07. The van der Waals surface area contributed by atoms with Gasteiger partial charge in [0.2, 0.25) is 17.6 Å². The maximum Gasteiger partial charge on any atom is 0.246 e. The predicted octanol–water partition coefficient (Wildman–Crippen LogP) is 4.23. The van der Waals surface area contributed by atoms with Crippen molar-refractivity contribution in [3.8, 4) is 11.4 Å². The van der Waals surface area contributed by atoms with Gasteiger partial charge < -0.3 is 9.84 Å². The molecule has 1 N–H and O–H groups in total. The molecule has 0 saturated carbocycles. The van der Waals surface area contributed by atoms with Gasteiger partial charge in [0.15, 0.2) is 0 Å². The second kappa shape index (κ2) is 9.41. The number of amides is 1. The lowest BCUT2D eigenvalue weighted by molar-refractivity contribution is -0.127. The standard InChI is InChI=1S/C23H25ClN4O2/c1-16-8-10-17(11-9-16)22-26-21(30-27-22)13-25-23(29)19-6-4-12-28(15-19)14-18-5-2-3-7-20(18)24/h2-3,5,7-11,19H,4,6,12-15H2,1H3,(H,25,29)/t19-/m1/s1. The number of halogens is 1. The van der Waals surface area contributed by atoms with Crippen LogP contribution in [0.2, 0.25) is 5.02 Å². The third-order valence-corrected chi connectivity index (χ3v) is 5.79. The lowest BCUT2D eigenvalue weighted by Gasteiger charge is -2.32. The number of rotatable bonds is 6. The van der Waals surface area contributed by atoms with Crippen LogP contribution in [-0.4, -0.2) is 34.0 Å². The van der Waals surface area contributed by atoms with Gasteiger partial charge in [-0.2, -0.15) is 4.98 Å². The number of carbonyl (C=O) groups is 1. The lowest BCUT2D eigenvalue weighted by Crippen LogP contribution is -2.42. The van der Waals surface area contributed by atoms with E-state index in [4.69, 9.17) is 16.1 Å². The van der Waals surface area contributed by atoms with Crippen molar-refractivity contribution in [3.05, 3.63) is 70.6 Å². The van der Waals surface area contributed by atoms with Crippen LogP contribution in [0.4, 0.5) is 0 Å². The number of piperidine rings is 1. The summed E-state index contributed by atoms with van der Waals surface area (Å²) in [6.45, 7) is 4.71. The van der Waals surface area contributed by atoms with E-state index in [1.807, 2.05) is 55.5 Å².